The van der Waals surface area contributed by atoms with E-state index in [-0.39, 0.29) is 6.42 Å². The van der Waals surface area contributed by atoms with E-state index in [0.717, 1.165) is 11.8 Å². The molecule has 1 aromatic carbocycles. The molecule has 1 unspecified atom stereocenters. The molecule has 0 aromatic heterocycles. The van der Waals surface area contributed by atoms with Crippen molar-refractivity contribution >= 4 is 5.97 Å². The van der Waals surface area contributed by atoms with E-state index in [1.807, 2.05) is 0 Å². The van der Waals surface area contributed by atoms with Gasteiger partial charge in [-0.2, -0.15) is 0 Å². The average Bonchev–Trinajstić information content (AvgIpc) is 2.70. The largest absolute Gasteiger partial charge is 0.481 e. The van der Waals surface area contributed by atoms with Crippen molar-refractivity contribution in [2.24, 2.45) is 11.8 Å². The van der Waals surface area contributed by atoms with Crippen molar-refractivity contribution in [1.29, 1.82) is 0 Å². The molecule has 0 aliphatic heterocycles. The SMILES string of the molecule is CC/C=C\C[C@H]1CCCCC1CCCCCc1ccccc1.CCC(=O)O. The van der Waals surface area contributed by atoms with Crippen LogP contribution in [0.3, 0.4) is 0 Å². The molecule has 0 bridgehead atoms. The van der Waals surface area contributed by atoms with Crippen LogP contribution in [0.5, 0.6) is 0 Å². The molecular formula is C25H40O2. The molecule has 27 heavy (non-hydrogen) atoms. The van der Waals surface area contributed by atoms with E-state index >= 15 is 0 Å². The van der Waals surface area contributed by atoms with Crippen LogP contribution >= 0.6 is 0 Å². The molecule has 0 radical (unpaired) electrons. The molecule has 2 atom stereocenters. The first kappa shape index (κ1) is 23.5. The first-order chi connectivity index (χ1) is 13.2. The van der Waals surface area contributed by atoms with E-state index in [1.54, 1.807) is 6.92 Å². The predicted molar refractivity (Wildman–Crippen MR) is 116 cm³/mol. The second-order valence-electron chi connectivity index (χ2n) is 7.75. The lowest BCUT2D eigenvalue weighted by molar-refractivity contribution is -0.136. The molecule has 0 saturated heterocycles. The molecule has 0 spiro atoms. The molecule has 0 heterocycles. The van der Waals surface area contributed by atoms with E-state index < -0.39 is 5.97 Å². The number of aliphatic carboxylic acids is 1. The third-order valence-corrected chi connectivity index (χ3v) is 5.59. The second-order valence-corrected chi connectivity index (χ2v) is 7.75. The first-order valence-corrected chi connectivity index (χ1v) is 11.1. The number of rotatable bonds is 10. The number of hydrogen-bond acceptors (Lipinski definition) is 1. The zero-order valence-corrected chi connectivity index (χ0v) is 17.5. The number of allylic oxidation sites excluding steroid dienone is 2. The van der Waals surface area contributed by atoms with Crippen molar-refractivity contribution in [2.75, 3.05) is 0 Å². The van der Waals surface area contributed by atoms with Crippen LogP contribution < -0.4 is 0 Å². The molecular weight excluding hydrogens is 332 g/mol. The molecule has 2 nitrogen and oxygen atoms in total. The Hall–Kier alpha value is -1.57. The normalized spacial score (nSPS) is 19.5. The molecule has 1 fully saturated rings. The smallest absolute Gasteiger partial charge is 0.303 e. The van der Waals surface area contributed by atoms with Gasteiger partial charge in [-0.05, 0) is 49.5 Å². The Kier molecular flexibility index (Phi) is 13.5. The Morgan fingerprint density at radius 3 is 2.30 bits per heavy atom. The fourth-order valence-corrected chi connectivity index (χ4v) is 3.97. The summed E-state index contributed by atoms with van der Waals surface area (Å²) in [6, 6.07) is 11.0. The Morgan fingerprint density at radius 2 is 1.67 bits per heavy atom. The summed E-state index contributed by atoms with van der Waals surface area (Å²) in [6.45, 7) is 3.84. The highest BCUT2D eigenvalue weighted by Gasteiger charge is 2.23. The molecule has 1 N–H and O–H groups in total. The van der Waals surface area contributed by atoms with E-state index in [4.69, 9.17) is 5.11 Å². The molecule has 1 aliphatic carbocycles. The Labute approximate surface area is 167 Å². The Morgan fingerprint density at radius 1 is 1.00 bits per heavy atom. The van der Waals surface area contributed by atoms with Crippen molar-refractivity contribution in [3.63, 3.8) is 0 Å². The van der Waals surface area contributed by atoms with Crippen LogP contribution in [0.2, 0.25) is 0 Å². The van der Waals surface area contributed by atoms with Gasteiger partial charge < -0.3 is 5.11 Å². The van der Waals surface area contributed by atoms with Crippen LogP contribution in [-0.4, -0.2) is 11.1 Å². The summed E-state index contributed by atoms with van der Waals surface area (Å²) < 4.78 is 0. The van der Waals surface area contributed by atoms with Crippen molar-refractivity contribution in [2.45, 2.75) is 90.9 Å². The summed E-state index contributed by atoms with van der Waals surface area (Å²) in [4.78, 5) is 9.37. The zero-order chi connectivity index (χ0) is 19.7. The summed E-state index contributed by atoms with van der Waals surface area (Å²) >= 11 is 0. The fourth-order valence-electron chi connectivity index (χ4n) is 3.97. The van der Waals surface area contributed by atoms with Crippen LogP contribution in [0.25, 0.3) is 0 Å². The molecule has 1 aromatic rings. The number of benzene rings is 1. The van der Waals surface area contributed by atoms with E-state index in [0.29, 0.717) is 0 Å². The fraction of sp³-hybridized carbons (Fsp3) is 0.640. The lowest BCUT2D eigenvalue weighted by atomic mass is 9.75. The molecule has 0 amide bonds. The minimum atomic E-state index is -0.745. The topological polar surface area (TPSA) is 37.3 Å². The summed E-state index contributed by atoms with van der Waals surface area (Å²) in [5.41, 5.74) is 1.50. The van der Waals surface area contributed by atoms with E-state index in [1.165, 1.54) is 76.2 Å². The summed E-state index contributed by atoms with van der Waals surface area (Å²) in [6.07, 6.45) is 20.4. The van der Waals surface area contributed by atoms with Crippen molar-refractivity contribution in [3.8, 4) is 0 Å². The van der Waals surface area contributed by atoms with Crippen LogP contribution in [0, 0.1) is 11.8 Å². The lowest BCUT2D eigenvalue weighted by Crippen LogP contribution is -2.19. The highest BCUT2D eigenvalue weighted by atomic mass is 16.4. The molecule has 1 aliphatic rings. The van der Waals surface area contributed by atoms with Gasteiger partial charge in [-0.25, -0.2) is 0 Å². The van der Waals surface area contributed by atoms with Gasteiger partial charge in [0.15, 0.2) is 0 Å². The van der Waals surface area contributed by atoms with Crippen LogP contribution in [0.1, 0.15) is 90.0 Å². The molecule has 2 rings (SSSR count). The predicted octanol–water partition coefficient (Wildman–Crippen LogP) is 7.43. The number of unbranched alkanes of at least 4 members (excludes halogenated alkanes) is 2. The van der Waals surface area contributed by atoms with Crippen LogP contribution in [-0.2, 0) is 11.2 Å². The van der Waals surface area contributed by atoms with Crippen LogP contribution in [0.4, 0.5) is 0 Å². The standard InChI is InChI=1S/C22H34.C3H6O2/c1-2-3-6-16-21-18-11-12-19-22(21)17-10-5-9-15-20-13-7-4-8-14-20;1-2-3(4)5/h3-4,6-8,13-14,21-22H,2,5,9-12,15-19H2,1H3;2H2,1H3,(H,4,5)/b6-3-;/t21-,22?;/m0./s1. The van der Waals surface area contributed by atoms with Gasteiger partial charge in [-0.3, -0.25) is 4.79 Å². The number of carboxylic acid groups (broad SMARTS) is 1. The van der Waals surface area contributed by atoms with Crippen molar-refractivity contribution in [1.82, 2.24) is 0 Å². The van der Waals surface area contributed by atoms with E-state index in [9.17, 15) is 4.79 Å². The second kappa shape index (κ2) is 15.5. The highest BCUT2D eigenvalue weighted by Crippen LogP contribution is 2.36. The summed E-state index contributed by atoms with van der Waals surface area (Å²) in [5.74, 6) is 1.24. The van der Waals surface area contributed by atoms with Gasteiger partial charge in [0.1, 0.15) is 0 Å². The minimum Gasteiger partial charge on any atom is -0.481 e. The maximum atomic E-state index is 9.37. The van der Waals surface area contributed by atoms with Gasteiger partial charge in [0.2, 0.25) is 0 Å². The van der Waals surface area contributed by atoms with Gasteiger partial charge in [0.25, 0.3) is 0 Å². The summed E-state index contributed by atoms with van der Waals surface area (Å²) in [5, 5.41) is 7.72. The van der Waals surface area contributed by atoms with Gasteiger partial charge in [0.05, 0.1) is 0 Å². The van der Waals surface area contributed by atoms with E-state index in [2.05, 4.69) is 49.4 Å². The Bertz CT molecular complexity index is 506. The van der Waals surface area contributed by atoms with Gasteiger partial charge >= 0.3 is 5.97 Å². The number of carboxylic acids is 1. The maximum absolute atomic E-state index is 9.37. The molecule has 1 saturated carbocycles. The summed E-state index contributed by atoms with van der Waals surface area (Å²) in [7, 11) is 0. The zero-order valence-electron chi connectivity index (χ0n) is 17.5. The number of aryl methyl sites for hydroxylation is 1. The minimum absolute atomic E-state index is 0.222. The Balaban J connectivity index is 0.000000646. The number of hydrogen-bond donors (Lipinski definition) is 1. The van der Waals surface area contributed by atoms with Crippen molar-refractivity contribution < 1.29 is 9.90 Å². The quantitative estimate of drug-likeness (QED) is 0.342. The number of carbonyl (C=O) groups is 1. The van der Waals surface area contributed by atoms with Gasteiger partial charge in [-0.15, -0.1) is 0 Å². The molecule has 2 heteroatoms. The third kappa shape index (κ3) is 11.7. The van der Waals surface area contributed by atoms with Gasteiger partial charge in [-0.1, -0.05) is 94.9 Å². The van der Waals surface area contributed by atoms with Crippen molar-refractivity contribution in [3.05, 3.63) is 48.0 Å². The average molecular weight is 373 g/mol. The monoisotopic (exact) mass is 372 g/mol. The van der Waals surface area contributed by atoms with Gasteiger partial charge in [0, 0.05) is 6.42 Å². The maximum Gasteiger partial charge on any atom is 0.303 e. The molecule has 152 valence electrons. The lowest BCUT2D eigenvalue weighted by Gasteiger charge is -2.31. The third-order valence-electron chi connectivity index (χ3n) is 5.59. The van der Waals surface area contributed by atoms with Crippen LogP contribution in [0.15, 0.2) is 42.5 Å². The first-order valence-electron chi connectivity index (χ1n) is 11.1. The highest BCUT2D eigenvalue weighted by molar-refractivity contribution is 5.66.